The van der Waals surface area contributed by atoms with Gasteiger partial charge in [-0.15, -0.1) is 0 Å². The molecule has 74 valence electrons. The molecule has 0 fully saturated rings. The highest BCUT2D eigenvalue weighted by Crippen LogP contribution is 2.18. The molecule has 0 aromatic carbocycles. The van der Waals surface area contributed by atoms with Gasteiger partial charge in [-0.25, -0.2) is 0 Å². The van der Waals surface area contributed by atoms with Crippen LogP contribution in [0.15, 0.2) is 23.6 Å². The van der Waals surface area contributed by atoms with Crippen molar-refractivity contribution in [2.45, 2.75) is 46.6 Å². The van der Waals surface area contributed by atoms with Crippen molar-refractivity contribution in [3.8, 4) is 0 Å². The van der Waals surface area contributed by atoms with Gasteiger partial charge >= 0.3 is 0 Å². The van der Waals surface area contributed by atoms with E-state index in [0.717, 1.165) is 6.42 Å². The van der Waals surface area contributed by atoms with Crippen molar-refractivity contribution in [1.82, 2.24) is 0 Å². The van der Waals surface area contributed by atoms with E-state index in [4.69, 9.17) is 0 Å². The van der Waals surface area contributed by atoms with Crippen molar-refractivity contribution in [2.24, 2.45) is 5.41 Å². The number of hydrogen-bond donors (Lipinski definition) is 1. The normalized spacial score (nSPS) is 11.5. The molecule has 0 spiro atoms. The van der Waals surface area contributed by atoms with Gasteiger partial charge in [-0.3, -0.25) is 0 Å². The van der Waals surface area contributed by atoms with E-state index in [2.05, 4.69) is 32.2 Å². The average molecular weight is 180 g/mol. The van der Waals surface area contributed by atoms with Gasteiger partial charge in [0.05, 0.1) is 5.60 Å². The van der Waals surface area contributed by atoms with E-state index in [9.17, 15) is 5.11 Å². The smallest absolute Gasteiger partial charge is 0.0851 e. The highest BCUT2D eigenvalue weighted by atomic mass is 16.3. The van der Waals surface area contributed by atoms with Gasteiger partial charge in [-0.05, 0) is 37.8 Å². The molecular weight excluding hydrogens is 160 g/mol. The van der Waals surface area contributed by atoms with Crippen LogP contribution < -0.4 is 0 Å². The van der Waals surface area contributed by atoms with E-state index in [0.29, 0.717) is 5.41 Å². The predicted molar refractivity (Wildman–Crippen MR) is 56.5 cm³/mol. The van der Waals surface area contributed by atoms with Crippen molar-refractivity contribution in [1.29, 1.82) is 0 Å². The second-order valence-corrected chi connectivity index (χ2v) is 5.06. The lowest BCUT2D eigenvalue weighted by atomic mass is 9.92. The lowest BCUT2D eigenvalue weighted by Gasteiger charge is -2.13. The first-order chi connectivity index (χ1) is 5.71. The molecule has 0 aliphatic heterocycles. The molecular formula is C12H20O. The third-order valence-corrected chi connectivity index (χ3v) is 1.33. The zero-order chi connectivity index (χ0) is 10.5. The van der Waals surface area contributed by atoms with Crippen LogP contribution >= 0.6 is 0 Å². The van der Waals surface area contributed by atoms with Gasteiger partial charge in [0.15, 0.2) is 0 Å². The van der Waals surface area contributed by atoms with Crippen LogP contribution in [0.4, 0.5) is 0 Å². The highest BCUT2D eigenvalue weighted by Gasteiger charge is 2.06. The molecule has 1 nitrogen and oxygen atoms in total. The van der Waals surface area contributed by atoms with Gasteiger partial charge in [-0.1, -0.05) is 32.2 Å². The van der Waals surface area contributed by atoms with E-state index < -0.39 is 5.60 Å². The largest absolute Gasteiger partial charge is 0.386 e. The lowest BCUT2D eigenvalue weighted by molar-refractivity contribution is 0.133. The topological polar surface area (TPSA) is 20.2 Å². The molecule has 0 amide bonds. The Kier molecular flexibility index (Phi) is 4.23. The Morgan fingerprint density at radius 2 is 1.62 bits per heavy atom. The first-order valence-electron chi connectivity index (χ1n) is 4.60. The first-order valence-corrected chi connectivity index (χ1v) is 4.60. The maximum atomic E-state index is 9.30. The fourth-order valence-corrected chi connectivity index (χ4v) is 0.634. The van der Waals surface area contributed by atoms with Gasteiger partial charge in [0.25, 0.3) is 0 Å². The summed E-state index contributed by atoms with van der Waals surface area (Å²) in [6, 6.07) is 0. The molecule has 13 heavy (non-hydrogen) atoms. The van der Waals surface area contributed by atoms with Gasteiger partial charge in [-0.2, -0.15) is 0 Å². The summed E-state index contributed by atoms with van der Waals surface area (Å²) >= 11 is 0. The van der Waals surface area contributed by atoms with Crippen LogP contribution in [0.25, 0.3) is 0 Å². The van der Waals surface area contributed by atoms with E-state index in [1.807, 2.05) is 6.08 Å². The van der Waals surface area contributed by atoms with Crippen LogP contribution in [0, 0.1) is 5.41 Å². The Bertz CT molecular complexity index is 235. The maximum Gasteiger partial charge on any atom is 0.0851 e. The number of aliphatic hydroxyl groups is 1. The summed E-state index contributed by atoms with van der Waals surface area (Å²) in [6.45, 7) is 9.94. The molecule has 0 saturated heterocycles. The predicted octanol–water partition coefficient (Wildman–Crippen LogP) is 3.06. The second kappa shape index (κ2) is 4.48. The van der Waals surface area contributed by atoms with Crippen molar-refractivity contribution in [3.05, 3.63) is 23.6 Å². The Labute approximate surface area is 81.5 Å². The number of hydrogen-bond acceptors (Lipinski definition) is 1. The fourth-order valence-electron chi connectivity index (χ4n) is 0.634. The van der Waals surface area contributed by atoms with Crippen molar-refractivity contribution in [3.63, 3.8) is 0 Å². The summed E-state index contributed by atoms with van der Waals surface area (Å²) in [5, 5.41) is 9.30. The minimum atomic E-state index is -0.789. The summed E-state index contributed by atoms with van der Waals surface area (Å²) in [5.74, 6) is 0. The average Bonchev–Trinajstić information content (AvgIpc) is 1.81. The van der Waals surface area contributed by atoms with E-state index >= 15 is 0 Å². The summed E-state index contributed by atoms with van der Waals surface area (Å²) in [6.07, 6.45) is 4.52. The Morgan fingerprint density at radius 3 is 2.00 bits per heavy atom. The second-order valence-electron chi connectivity index (χ2n) is 5.06. The zero-order valence-electron chi connectivity index (χ0n) is 9.31. The summed E-state index contributed by atoms with van der Waals surface area (Å²) < 4.78 is 0. The Morgan fingerprint density at radius 1 is 1.08 bits per heavy atom. The van der Waals surface area contributed by atoms with Crippen molar-refractivity contribution >= 4 is 0 Å². The molecule has 0 aromatic heterocycles. The third kappa shape index (κ3) is 11.3. The van der Waals surface area contributed by atoms with Crippen LogP contribution in [-0.2, 0) is 0 Å². The number of allylic oxidation sites excluding steroid dienone is 1. The maximum absolute atomic E-state index is 9.30. The van der Waals surface area contributed by atoms with Crippen molar-refractivity contribution in [2.75, 3.05) is 0 Å². The summed E-state index contributed by atoms with van der Waals surface area (Å²) in [5.41, 5.74) is 5.23. The van der Waals surface area contributed by atoms with Crippen LogP contribution in [0.3, 0.4) is 0 Å². The van der Waals surface area contributed by atoms with Crippen molar-refractivity contribution < 1.29 is 5.11 Å². The summed E-state index contributed by atoms with van der Waals surface area (Å²) in [7, 11) is 0. The van der Waals surface area contributed by atoms with Crippen LogP contribution in [0.2, 0.25) is 0 Å². The molecule has 0 aliphatic carbocycles. The molecule has 0 heterocycles. The molecule has 0 bridgehead atoms. The van der Waals surface area contributed by atoms with Gasteiger partial charge in [0.2, 0.25) is 0 Å². The van der Waals surface area contributed by atoms with E-state index in [-0.39, 0.29) is 0 Å². The van der Waals surface area contributed by atoms with Gasteiger partial charge in [0, 0.05) is 0 Å². The molecule has 0 rings (SSSR count). The molecule has 0 aliphatic rings. The molecule has 0 aromatic rings. The van der Waals surface area contributed by atoms with E-state index in [1.165, 1.54) is 0 Å². The van der Waals surface area contributed by atoms with Gasteiger partial charge < -0.3 is 5.11 Å². The minimum Gasteiger partial charge on any atom is -0.386 e. The molecule has 0 radical (unpaired) electrons. The van der Waals surface area contributed by atoms with Gasteiger partial charge in [0.1, 0.15) is 0 Å². The van der Waals surface area contributed by atoms with Crippen LogP contribution in [0.5, 0.6) is 0 Å². The molecule has 0 saturated carbocycles. The number of rotatable bonds is 2. The van der Waals surface area contributed by atoms with E-state index in [1.54, 1.807) is 19.9 Å². The molecule has 1 N–H and O–H groups in total. The lowest BCUT2D eigenvalue weighted by Crippen LogP contribution is -2.12. The zero-order valence-corrected chi connectivity index (χ0v) is 9.31. The standard InChI is InChI=1S/C12H20O/c1-11(2,3)9-7-6-8-10-12(4,5)13/h7,10,13H,9H2,1-5H3. The first kappa shape index (κ1) is 12.3. The summed E-state index contributed by atoms with van der Waals surface area (Å²) in [4.78, 5) is 0. The fraction of sp³-hybridized carbons (Fsp3) is 0.667. The molecule has 1 heteroatoms. The highest BCUT2D eigenvalue weighted by molar-refractivity contribution is 4.96. The minimum absolute atomic E-state index is 0.295. The monoisotopic (exact) mass is 180 g/mol. The Balaban J connectivity index is 4.21. The van der Waals surface area contributed by atoms with Crippen LogP contribution in [-0.4, -0.2) is 10.7 Å². The van der Waals surface area contributed by atoms with Crippen LogP contribution in [0.1, 0.15) is 41.0 Å². The third-order valence-electron chi connectivity index (χ3n) is 1.33. The Hall–Kier alpha value is -0.740. The molecule has 0 atom stereocenters. The SMILES string of the molecule is CC(C)(O)C=C=C=CCC(C)(C)C. The molecule has 0 unspecified atom stereocenters. The quantitative estimate of drug-likeness (QED) is 0.647.